The number of hydrogen-bond donors (Lipinski definition) is 3. The first-order valence-corrected chi connectivity index (χ1v) is 39.6. The van der Waals surface area contributed by atoms with Crippen LogP contribution in [0.3, 0.4) is 0 Å². The summed E-state index contributed by atoms with van der Waals surface area (Å²) >= 11 is 0. The summed E-state index contributed by atoms with van der Waals surface area (Å²) in [6.07, 6.45) is 97.1. The van der Waals surface area contributed by atoms with E-state index in [2.05, 4.69) is 43.5 Å². The molecule has 0 bridgehead atoms. The summed E-state index contributed by atoms with van der Waals surface area (Å²) in [6, 6.07) is -0.537. The zero-order valence-electron chi connectivity index (χ0n) is 58.6. The van der Waals surface area contributed by atoms with Crippen LogP contribution in [0.4, 0.5) is 0 Å². The fourth-order valence-electron chi connectivity index (χ4n) is 12.7. The fraction of sp³-hybridized carbons (Fsp3) is 0.925. The van der Waals surface area contributed by atoms with Crippen LogP contribution in [0.5, 0.6) is 0 Å². The zero-order chi connectivity index (χ0) is 62.0. The van der Waals surface area contributed by atoms with Gasteiger partial charge in [-0.1, -0.05) is 404 Å². The standard InChI is InChI=1S/C80H155NO5/c1-3-5-7-9-11-13-15-17-19-44-48-52-56-60-64-68-72-78(83)77(76-82)81-79(84)73-69-65-61-57-53-49-45-42-40-38-36-34-32-30-28-26-24-22-21-23-25-27-29-31-33-35-37-39-41-43-47-51-55-59-63-67-71-75-86-80(85)74-70-66-62-58-54-50-46-20-18-16-14-12-10-8-6-4-2/h14,16,20,46,77-78,82-83H,3-13,15,17-19,21-45,47-76H2,1-2H3,(H,81,84)/b16-14-,46-20-. The average Bonchev–Trinajstić information content (AvgIpc) is 3.60. The van der Waals surface area contributed by atoms with Gasteiger partial charge in [-0.05, 0) is 57.8 Å². The molecule has 0 aromatic carbocycles. The van der Waals surface area contributed by atoms with Gasteiger partial charge >= 0.3 is 5.97 Å². The van der Waals surface area contributed by atoms with Gasteiger partial charge in [-0.2, -0.15) is 0 Å². The molecule has 0 saturated carbocycles. The summed E-state index contributed by atoms with van der Waals surface area (Å²) in [6.45, 7) is 4.98. The first-order valence-electron chi connectivity index (χ1n) is 39.6. The van der Waals surface area contributed by atoms with Gasteiger partial charge in [0.1, 0.15) is 0 Å². The SMILES string of the molecule is CCCCCC/C=C\C/C=C\CCCCCCCC(=O)OCCCCCCCCCCCCCCCCCCCCCCCCCCCCCCCCCCCCCCCC(=O)NC(CO)C(O)CCCCCCCCCCCCCCCCCC. The van der Waals surface area contributed by atoms with Crippen molar-refractivity contribution in [3.05, 3.63) is 24.3 Å². The lowest BCUT2D eigenvalue weighted by atomic mass is 10.0. The van der Waals surface area contributed by atoms with E-state index in [1.54, 1.807) is 0 Å². The number of unbranched alkanes of at least 4 members (excludes halogenated alkanes) is 60. The molecule has 0 aliphatic rings. The summed E-state index contributed by atoms with van der Waals surface area (Å²) in [7, 11) is 0. The van der Waals surface area contributed by atoms with Crippen LogP contribution in [0.2, 0.25) is 0 Å². The first-order chi connectivity index (χ1) is 42.5. The number of aliphatic hydroxyl groups is 2. The van der Waals surface area contributed by atoms with Crippen LogP contribution in [-0.2, 0) is 14.3 Å². The Hall–Kier alpha value is -1.66. The fourth-order valence-corrected chi connectivity index (χ4v) is 12.7. The second-order valence-corrected chi connectivity index (χ2v) is 27.4. The van der Waals surface area contributed by atoms with E-state index < -0.39 is 12.1 Å². The molecule has 0 aromatic heterocycles. The quantitative estimate of drug-likeness (QED) is 0.0320. The lowest BCUT2D eigenvalue weighted by Gasteiger charge is -2.22. The molecule has 6 heteroatoms. The molecule has 0 spiro atoms. The van der Waals surface area contributed by atoms with Crippen molar-refractivity contribution in [1.29, 1.82) is 0 Å². The van der Waals surface area contributed by atoms with Crippen molar-refractivity contribution < 1.29 is 24.5 Å². The van der Waals surface area contributed by atoms with Crippen LogP contribution in [-0.4, -0.2) is 47.4 Å². The van der Waals surface area contributed by atoms with Gasteiger partial charge in [0, 0.05) is 12.8 Å². The second kappa shape index (κ2) is 75.8. The number of carbonyl (C=O) groups excluding carboxylic acids is 2. The number of carbonyl (C=O) groups is 2. The molecule has 0 aromatic rings. The molecule has 6 nitrogen and oxygen atoms in total. The van der Waals surface area contributed by atoms with E-state index in [1.165, 1.54) is 366 Å². The first kappa shape index (κ1) is 84.3. The van der Waals surface area contributed by atoms with Gasteiger partial charge < -0.3 is 20.3 Å². The Bertz CT molecular complexity index is 1350. The zero-order valence-corrected chi connectivity index (χ0v) is 58.6. The van der Waals surface area contributed by atoms with Crippen molar-refractivity contribution in [3.63, 3.8) is 0 Å². The van der Waals surface area contributed by atoms with Gasteiger partial charge in [0.15, 0.2) is 0 Å². The van der Waals surface area contributed by atoms with Gasteiger partial charge in [0.2, 0.25) is 5.91 Å². The van der Waals surface area contributed by atoms with Gasteiger partial charge in [-0.25, -0.2) is 0 Å². The van der Waals surface area contributed by atoms with E-state index in [4.69, 9.17) is 4.74 Å². The second-order valence-electron chi connectivity index (χ2n) is 27.4. The van der Waals surface area contributed by atoms with Crippen molar-refractivity contribution in [1.82, 2.24) is 5.32 Å². The van der Waals surface area contributed by atoms with Crippen LogP contribution in [0.15, 0.2) is 24.3 Å². The lowest BCUT2D eigenvalue weighted by molar-refractivity contribution is -0.143. The molecule has 2 unspecified atom stereocenters. The molecule has 0 saturated heterocycles. The maximum atomic E-state index is 12.5. The van der Waals surface area contributed by atoms with Crippen LogP contribution < -0.4 is 5.32 Å². The Morgan fingerprint density at radius 3 is 0.895 bits per heavy atom. The number of allylic oxidation sites excluding steroid dienone is 4. The predicted molar refractivity (Wildman–Crippen MR) is 380 cm³/mol. The number of rotatable bonds is 75. The third-order valence-electron chi connectivity index (χ3n) is 18.8. The molecule has 0 fully saturated rings. The van der Waals surface area contributed by atoms with Crippen molar-refractivity contribution in [2.45, 2.75) is 463 Å². The third kappa shape index (κ3) is 71.4. The summed E-state index contributed by atoms with van der Waals surface area (Å²) in [5, 5.41) is 23.4. The topological polar surface area (TPSA) is 95.9 Å². The molecule has 0 aliphatic carbocycles. The lowest BCUT2D eigenvalue weighted by Crippen LogP contribution is -2.45. The highest BCUT2D eigenvalue weighted by Gasteiger charge is 2.20. The molecule has 0 rings (SSSR count). The van der Waals surface area contributed by atoms with Crippen molar-refractivity contribution >= 4 is 11.9 Å². The van der Waals surface area contributed by atoms with Crippen LogP contribution in [0, 0.1) is 0 Å². The van der Waals surface area contributed by atoms with Crippen LogP contribution in [0.1, 0.15) is 450 Å². The maximum absolute atomic E-state index is 12.5. The Morgan fingerprint density at radius 2 is 0.581 bits per heavy atom. The molecule has 86 heavy (non-hydrogen) atoms. The predicted octanol–water partition coefficient (Wildman–Crippen LogP) is 26.0. The molecule has 0 radical (unpaired) electrons. The molecule has 2 atom stereocenters. The number of ether oxygens (including phenoxy) is 1. The molecule has 0 heterocycles. The minimum absolute atomic E-state index is 0.0107. The molecular formula is C80H155NO5. The van der Waals surface area contributed by atoms with E-state index in [-0.39, 0.29) is 18.5 Å². The highest BCUT2D eigenvalue weighted by atomic mass is 16.5. The Labute approximate surface area is 539 Å². The summed E-state index contributed by atoms with van der Waals surface area (Å²) in [5.74, 6) is -0.0146. The normalized spacial score (nSPS) is 12.6. The highest BCUT2D eigenvalue weighted by molar-refractivity contribution is 5.76. The molecule has 3 N–H and O–H groups in total. The number of hydrogen-bond acceptors (Lipinski definition) is 5. The maximum Gasteiger partial charge on any atom is 0.305 e. The minimum atomic E-state index is -0.660. The smallest absolute Gasteiger partial charge is 0.305 e. The summed E-state index contributed by atoms with van der Waals surface area (Å²) in [4.78, 5) is 24.6. The number of esters is 1. The van der Waals surface area contributed by atoms with Crippen LogP contribution >= 0.6 is 0 Å². The molecular weight excluding hydrogens is 1050 g/mol. The summed E-state index contributed by atoms with van der Waals surface area (Å²) in [5.41, 5.74) is 0. The van der Waals surface area contributed by atoms with Gasteiger partial charge in [-0.15, -0.1) is 0 Å². The molecule has 1 amide bonds. The number of amides is 1. The van der Waals surface area contributed by atoms with Gasteiger partial charge in [0.25, 0.3) is 0 Å². The highest BCUT2D eigenvalue weighted by Crippen LogP contribution is 2.20. The monoisotopic (exact) mass is 1210 g/mol. The third-order valence-corrected chi connectivity index (χ3v) is 18.8. The van der Waals surface area contributed by atoms with E-state index in [1.807, 2.05) is 0 Å². The van der Waals surface area contributed by atoms with E-state index in [0.29, 0.717) is 25.9 Å². The van der Waals surface area contributed by atoms with Gasteiger partial charge in [-0.3, -0.25) is 9.59 Å². The number of nitrogens with one attached hydrogen (secondary N) is 1. The van der Waals surface area contributed by atoms with Crippen molar-refractivity contribution in [2.24, 2.45) is 0 Å². The minimum Gasteiger partial charge on any atom is -0.466 e. The summed E-state index contributed by atoms with van der Waals surface area (Å²) < 4.78 is 5.50. The van der Waals surface area contributed by atoms with Crippen molar-refractivity contribution in [2.75, 3.05) is 13.2 Å². The van der Waals surface area contributed by atoms with E-state index in [9.17, 15) is 19.8 Å². The van der Waals surface area contributed by atoms with Crippen molar-refractivity contribution in [3.8, 4) is 0 Å². The molecule has 0 aliphatic heterocycles. The molecule has 510 valence electrons. The van der Waals surface area contributed by atoms with E-state index in [0.717, 1.165) is 51.4 Å². The largest absolute Gasteiger partial charge is 0.466 e. The Morgan fingerprint density at radius 1 is 0.326 bits per heavy atom. The van der Waals surface area contributed by atoms with Crippen LogP contribution in [0.25, 0.3) is 0 Å². The Balaban J connectivity index is 3.29. The Kier molecular flexibility index (Phi) is 74.3. The van der Waals surface area contributed by atoms with Gasteiger partial charge in [0.05, 0.1) is 25.4 Å². The number of aliphatic hydroxyl groups excluding tert-OH is 2. The average molecular weight is 1210 g/mol. The van der Waals surface area contributed by atoms with E-state index >= 15 is 0 Å².